The van der Waals surface area contributed by atoms with Crippen molar-refractivity contribution in [3.05, 3.63) is 65.5 Å². The number of anilines is 1. The van der Waals surface area contributed by atoms with Gasteiger partial charge in [0.05, 0.1) is 10.3 Å². The molecule has 5 nitrogen and oxygen atoms in total. The van der Waals surface area contributed by atoms with Crippen molar-refractivity contribution in [2.75, 3.05) is 5.32 Å². The number of hydrogen-bond donors (Lipinski definition) is 2. The van der Waals surface area contributed by atoms with Gasteiger partial charge in [-0.25, -0.2) is 9.18 Å². The SMILES string of the molecule is CC1(C)SC(=S)N(Cc2ccc(F)cc2)[C@@H]1N(O)C(=O)Nc1cccc(C(F)(F)F)c1. The standard InChI is InChI=1S/C20H19F4N3O2S2/c1-19(2)16(26(18(30)31-19)11-12-6-8-14(21)9-7-12)27(29)17(28)25-15-5-3-4-13(10-15)20(22,23)24/h3-10,16,29H,11H2,1-2H3,(H,25,28)/t16-/m1/s1. The molecule has 1 aliphatic rings. The summed E-state index contributed by atoms with van der Waals surface area (Å²) in [5.41, 5.74) is -0.334. The lowest BCUT2D eigenvalue weighted by molar-refractivity contribution is -0.137. The average molecular weight is 474 g/mol. The summed E-state index contributed by atoms with van der Waals surface area (Å²) in [5, 5.41) is 13.4. The molecule has 2 N–H and O–H groups in total. The van der Waals surface area contributed by atoms with Crippen LogP contribution in [-0.4, -0.2) is 36.4 Å². The van der Waals surface area contributed by atoms with E-state index in [9.17, 15) is 27.6 Å². The number of rotatable bonds is 4. The number of thioether (sulfide) groups is 1. The molecule has 0 unspecified atom stereocenters. The molecule has 1 aliphatic heterocycles. The maximum absolute atomic E-state index is 13.2. The number of amides is 2. The number of urea groups is 1. The van der Waals surface area contributed by atoms with Gasteiger partial charge in [0.2, 0.25) is 0 Å². The van der Waals surface area contributed by atoms with Gasteiger partial charge in [0.25, 0.3) is 0 Å². The van der Waals surface area contributed by atoms with Crippen molar-refractivity contribution in [3.8, 4) is 0 Å². The van der Waals surface area contributed by atoms with Gasteiger partial charge in [0.1, 0.15) is 16.3 Å². The minimum Gasteiger partial charge on any atom is -0.329 e. The topological polar surface area (TPSA) is 55.8 Å². The van der Waals surface area contributed by atoms with Crippen LogP contribution in [0.25, 0.3) is 0 Å². The molecule has 2 aromatic carbocycles. The van der Waals surface area contributed by atoms with Gasteiger partial charge in [-0.1, -0.05) is 42.2 Å². The Bertz CT molecular complexity index is 983. The predicted octanol–water partition coefficient (Wildman–Crippen LogP) is 5.71. The molecular formula is C20H19F4N3O2S2. The molecule has 1 heterocycles. The van der Waals surface area contributed by atoms with Crippen LogP contribution in [0, 0.1) is 5.82 Å². The molecule has 1 atom stereocenters. The highest BCUT2D eigenvalue weighted by Crippen LogP contribution is 2.43. The van der Waals surface area contributed by atoms with Crippen molar-refractivity contribution in [2.24, 2.45) is 0 Å². The molecular weight excluding hydrogens is 454 g/mol. The summed E-state index contributed by atoms with van der Waals surface area (Å²) in [5.74, 6) is -0.400. The second-order valence-electron chi connectivity index (χ2n) is 7.45. The van der Waals surface area contributed by atoms with Gasteiger partial charge < -0.3 is 10.2 Å². The van der Waals surface area contributed by atoms with Gasteiger partial charge in [-0.2, -0.15) is 18.2 Å². The molecule has 11 heteroatoms. The highest BCUT2D eigenvalue weighted by molar-refractivity contribution is 8.24. The smallest absolute Gasteiger partial charge is 0.329 e. The Labute approximate surface area is 186 Å². The van der Waals surface area contributed by atoms with Crippen LogP contribution in [0.5, 0.6) is 0 Å². The summed E-state index contributed by atoms with van der Waals surface area (Å²) < 4.78 is 51.7. The van der Waals surface area contributed by atoms with Crippen LogP contribution in [-0.2, 0) is 12.7 Å². The highest BCUT2D eigenvalue weighted by atomic mass is 32.2. The summed E-state index contributed by atoms with van der Waals surface area (Å²) in [6.45, 7) is 3.76. The predicted molar refractivity (Wildman–Crippen MR) is 114 cm³/mol. The fourth-order valence-electron chi connectivity index (χ4n) is 3.24. The van der Waals surface area contributed by atoms with Crippen LogP contribution in [0.1, 0.15) is 25.0 Å². The molecule has 0 bridgehead atoms. The quantitative estimate of drug-likeness (QED) is 0.258. The van der Waals surface area contributed by atoms with Crippen LogP contribution in [0.2, 0.25) is 0 Å². The Hall–Kier alpha value is -2.37. The summed E-state index contributed by atoms with van der Waals surface area (Å²) >= 11 is 6.68. The Morgan fingerprint density at radius 3 is 2.52 bits per heavy atom. The van der Waals surface area contributed by atoms with Gasteiger partial charge in [-0.3, -0.25) is 5.21 Å². The molecule has 1 fully saturated rings. The van der Waals surface area contributed by atoms with Gasteiger partial charge >= 0.3 is 12.2 Å². The molecule has 2 amide bonds. The lowest BCUT2D eigenvalue weighted by atomic mass is 10.1. The van der Waals surface area contributed by atoms with E-state index in [0.29, 0.717) is 14.9 Å². The number of hydrogen-bond acceptors (Lipinski definition) is 4. The largest absolute Gasteiger partial charge is 0.416 e. The van der Waals surface area contributed by atoms with Crippen LogP contribution >= 0.6 is 24.0 Å². The van der Waals surface area contributed by atoms with E-state index in [-0.39, 0.29) is 12.2 Å². The number of alkyl halides is 3. The first-order valence-electron chi connectivity index (χ1n) is 9.09. The first-order valence-corrected chi connectivity index (χ1v) is 10.3. The van der Waals surface area contributed by atoms with E-state index in [0.717, 1.165) is 18.2 Å². The number of carbonyl (C=O) groups is 1. The second kappa shape index (κ2) is 8.64. The van der Waals surface area contributed by atoms with Crippen LogP contribution in [0.3, 0.4) is 0 Å². The number of benzene rings is 2. The zero-order chi connectivity index (χ0) is 23.0. The maximum atomic E-state index is 13.2. The maximum Gasteiger partial charge on any atom is 0.416 e. The Morgan fingerprint density at radius 1 is 1.26 bits per heavy atom. The fourth-order valence-corrected chi connectivity index (χ4v) is 5.11. The molecule has 0 aromatic heterocycles. The second-order valence-corrected chi connectivity index (χ2v) is 9.74. The Balaban J connectivity index is 1.81. The van der Waals surface area contributed by atoms with E-state index in [1.165, 1.54) is 30.0 Å². The third kappa shape index (κ3) is 5.28. The molecule has 1 saturated heterocycles. The molecule has 31 heavy (non-hydrogen) atoms. The number of nitrogens with one attached hydrogen (secondary N) is 1. The van der Waals surface area contributed by atoms with E-state index in [1.54, 1.807) is 30.9 Å². The zero-order valence-electron chi connectivity index (χ0n) is 16.5. The van der Waals surface area contributed by atoms with Gasteiger partial charge in [-0.15, -0.1) is 0 Å². The molecule has 3 rings (SSSR count). The number of thiocarbonyl (C=S) groups is 1. The zero-order valence-corrected chi connectivity index (χ0v) is 18.1. The Kier molecular flexibility index (Phi) is 6.49. The third-order valence-electron chi connectivity index (χ3n) is 4.65. The van der Waals surface area contributed by atoms with Gasteiger partial charge in [0, 0.05) is 12.2 Å². The van der Waals surface area contributed by atoms with E-state index in [4.69, 9.17) is 12.2 Å². The molecule has 0 saturated carbocycles. The summed E-state index contributed by atoms with van der Waals surface area (Å²) in [6, 6.07) is 8.81. The first-order chi connectivity index (χ1) is 14.4. The third-order valence-corrected chi connectivity index (χ3v) is 6.28. The van der Waals surface area contributed by atoms with Crippen LogP contribution < -0.4 is 5.32 Å². The fraction of sp³-hybridized carbons (Fsp3) is 0.300. The van der Waals surface area contributed by atoms with Crippen molar-refractivity contribution in [1.82, 2.24) is 9.96 Å². The van der Waals surface area contributed by atoms with Gasteiger partial charge in [-0.05, 0) is 49.7 Å². The van der Waals surface area contributed by atoms with E-state index in [1.807, 2.05) is 0 Å². The van der Waals surface area contributed by atoms with Crippen molar-refractivity contribution < 1.29 is 27.6 Å². The summed E-state index contributed by atoms with van der Waals surface area (Å²) in [4.78, 5) is 14.3. The van der Waals surface area contributed by atoms with Crippen molar-refractivity contribution in [1.29, 1.82) is 0 Å². The molecule has 0 aliphatic carbocycles. The number of nitrogens with zero attached hydrogens (tertiary/aromatic N) is 2. The number of hydroxylamine groups is 2. The van der Waals surface area contributed by atoms with E-state index < -0.39 is 34.5 Å². The van der Waals surface area contributed by atoms with Crippen molar-refractivity contribution in [3.63, 3.8) is 0 Å². The Morgan fingerprint density at radius 2 is 1.90 bits per heavy atom. The lowest BCUT2D eigenvalue weighted by Crippen LogP contribution is -2.55. The number of halogens is 4. The average Bonchev–Trinajstić information content (AvgIpc) is 2.90. The van der Waals surface area contributed by atoms with Crippen LogP contribution in [0.15, 0.2) is 48.5 Å². The molecule has 0 spiro atoms. The molecule has 2 aromatic rings. The minimum atomic E-state index is -4.57. The molecule has 0 radical (unpaired) electrons. The monoisotopic (exact) mass is 473 g/mol. The first kappa shape index (κ1) is 23.3. The minimum absolute atomic E-state index is 0.116. The van der Waals surface area contributed by atoms with Crippen LogP contribution in [0.4, 0.5) is 28.0 Å². The molecule has 166 valence electrons. The van der Waals surface area contributed by atoms with E-state index >= 15 is 0 Å². The van der Waals surface area contributed by atoms with Crippen molar-refractivity contribution >= 4 is 40.0 Å². The van der Waals surface area contributed by atoms with E-state index in [2.05, 4.69) is 5.32 Å². The summed E-state index contributed by atoms with van der Waals surface area (Å²) in [6.07, 6.45) is -5.48. The van der Waals surface area contributed by atoms with Crippen molar-refractivity contribution in [2.45, 2.75) is 37.5 Å². The number of carbonyl (C=O) groups excluding carboxylic acids is 1. The lowest BCUT2D eigenvalue weighted by Gasteiger charge is -2.37. The highest BCUT2D eigenvalue weighted by Gasteiger charge is 2.49. The normalized spacial score (nSPS) is 18.2. The summed E-state index contributed by atoms with van der Waals surface area (Å²) in [7, 11) is 0. The van der Waals surface area contributed by atoms with Gasteiger partial charge in [0.15, 0.2) is 0 Å².